The third-order valence-corrected chi connectivity index (χ3v) is 4.10. The van der Waals surface area contributed by atoms with Crippen molar-refractivity contribution in [1.82, 2.24) is 0 Å². The van der Waals surface area contributed by atoms with Crippen molar-refractivity contribution in [3.63, 3.8) is 0 Å². The van der Waals surface area contributed by atoms with E-state index in [0.29, 0.717) is 24.5 Å². The lowest BCUT2D eigenvalue weighted by atomic mass is 10.1. The highest BCUT2D eigenvalue weighted by Gasteiger charge is 2.23. The molecule has 0 radical (unpaired) electrons. The Bertz CT molecular complexity index is 756. The van der Waals surface area contributed by atoms with Crippen LogP contribution in [0.1, 0.15) is 11.1 Å². The minimum atomic E-state index is -0.413. The zero-order chi connectivity index (χ0) is 16.2. The van der Waals surface area contributed by atoms with Gasteiger partial charge in [0, 0.05) is 22.2 Å². The van der Waals surface area contributed by atoms with Gasteiger partial charge in [0.1, 0.15) is 18.5 Å². The van der Waals surface area contributed by atoms with Gasteiger partial charge in [-0.25, -0.2) is 0 Å². The summed E-state index contributed by atoms with van der Waals surface area (Å²) in [5.74, 6) is 0.606. The summed E-state index contributed by atoms with van der Waals surface area (Å²) in [6.07, 6.45) is 3.84. The lowest BCUT2D eigenvalue weighted by Gasteiger charge is -2.08. The van der Waals surface area contributed by atoms with Gasteiger partial charge < -0.3 is 9.47 Å². The highest BCUT2D eigenvalue weighted by molar-refractivity contribution is 9.10. The standard InChI is InChI=1S/C17H14BrNO4/c18-16-4-2-1-3-12(16)5-6-13-9-14(19(20)21)7-8-17(13)23-11-15-10-22-15/h1-9,15H,10-11H2/b6-5+. The highest BCUT2D eigenvalue weighted by Crippen LogP contribution is 2.28. The first-order chi connectivity index (χ1) is 11.1. The summed E-state index contributed by atoms with van der Waals surface area (Å²) in [5.41, 5.74) is 1.68. The normalized spacial score (nSPS) is 16.5. The molecule has 0 bridgehead atoms. The first kappa shape index (κ1) is 15.7. The summed E-state index contributed by atoms with van der Waals surface area (Å²) in [6, 6.07) is 12.3. The Hall–Kier alpha value is -2.18. The van der Waals surface area contributed by atoms with Crippen LogP contribution in [0.25, 0.3) is 12.2 Å². The lowest BCUT2D eigenvalue weighted by Crippen LogP contribution is -2.05. The molecule has 1 fully saturated rings. The number of nitro benzene ring substituents is 1. The number of hydrogen-bond acceptors (Lipinski definition) is 4. The molecular formula is C17H14BrNO4. The molecule has 0 aliphatic carbocycles. The number of non-ortho nitro benzene ring substituents is 1. The quantitative estimate of drug-likeness (QED) is 0.326. The van der Waals surface area contributed by atoms with Crippen molar-refractivity contribution < 1.29 is 14.4 Å². The van der Waals surface area contributed by atoms with Crippen LogP contribution in [0.5, 0.6) is 5.75 Å². The second-order valence-corrected chi connectivity index (χ2v) is 5.95. The van der Waals surface area contributed by atoms with Crippen molar-refractivity contribution >= 4 is 33.8 Å². The van der Waals surface area contributed by atoms with Gasteiger partial charge in [-0.1, -0.05) is 46.3 Å². The number of nitrogens with zero attached hydrogens (tertiary/aromatic N) is 1. The van der Waals surface area contributed by atoms with E-state index in [1.54, 1.807) is 6.07 Å². The van der Waals surface area contributed by atoms with E-state index < -0.39 is 4.92 Å². The Balaban J connectivity index is 1.88. The Kier molecular flexibility index (Phi) is 4.73. The van der Waals surface area contributed by atoms with E-state index in [2.05, 4.69) is 15.9 Å². The predicted octanol–water partition coefficient (Wildman–Crippen LogP) is 4.31. The summed E-state index contributed by atoms with van der Waals surface area (Å²) < 4.78 is 11.8. The molecule has 1 atom stereocenters. The van der Waals surface area contributed by atoms with Crippen LogP contribution < -0.4 is 4.74 Å². The lowest BCUT2D eigenvalue weighted by molar-refractivity contribution is -0.384. The van der Waals surface area contributed by atoms with E-state index >= 15 is 0 Å². The number of nitro groups is 1. The molecule has 1 aliphatic rings. The highest BCUT2D eigenvalue weighted by atomic mass is 79.9. The molecule has 1 saturated heterocycles. The Morgan fingerprint density at radius 1 is 1.26 bits per heavy atom. The Labute approximate surface area is 141 Å². The van der Waals surface area contributed by atoms with Crippen molar-refractivity contribution in [3.8, 4) is 5.75 Å². The molecule has 0 amide bonds. The molecule has 0 spiro atoms. The molecule has 3 rings (SSSR count). The van der Waals surface area contributed by atoms with Crippen molar-refractivity contribution in [1.29, 1.82) is 0 Å². The summed E-state index contributed by atoms with van der Waals surface area (Å²) in [4.78, 5) is 10.6. The van der Waals surface area contributed by atoms with E-state index in [1.165, 1.54) is 12.1 Å². The molecule has 5 nitrogen and oxygen atoms in total. The van der Waals surface area contributed by atoms with Gasteiger partial charge in [0.05, 0.1) is 11.5 Å². The molecule has 2 aromatic carbocycles. The minimum absolute atomic E-state index is 0.0341. The van der Waals surface area contributed by atoms with E-state index in [-0.39, 0.29) is 11.8 Å². The van der Waals surface area contributed by atoms with Gasteiger partial charge in [0.2, 0.25) is 0 Å². The van der Waals surface area contributed by atoms with Gasteiger partial charge >= 0.3 is 0 Å². The summed E-state index contributed by atoms with van der Waals surface area (Å²) in [5, 5.41) is 11.0. The van der Waals surface area contributed by atoms with Crippen molar-refractivity contribution in [2.24, 2.45) is 0 Å². The zero-order valence-electron chi connectivity index (χ0n) is 12.1. The maximum atomic E-state index is 11.0. The second-order valence-electron chi connectivity index (χ2n) is 5.10. The first-order valence-corrected chi connectivity index (χ1v) is 7.88. The molecule has 23 heavy (non-hydrogen) atoms. The summed E-state index contributed by atoms with van der Waals surface area (Å²) in [6.45, 7) is 1.16. The smallest absolute Gasteiger partial charge is 0.270 e. The number of rotatable bonds is 6. The topological polar surface area (TPSA) is 64.9 Å². The maximum Gasteiger partial charge on any atom is 0.270 e. The first-order valence-electron chi connectivity index (χ1n) is 7.09. The average molecular weight is 376 g/mol. The molecule has 1 unspecified atom stereocenters. The monoisotopic (exact) mass is 375 g/mol. The van der Waals surface area contributed by atoms with Gasteiger partial charge in [0.25, 0.3) is 5.69 Å². The van der Waals surface area contributed by atoms with Crippen LogP contribution in [0.2, 0.25) is 0 Å². The predicted molar refractivity (Wildman–Crippen MR) is 91.4 cm³/mol. The zero-order valence-corrected chi connectivity index (χ0v) is 13.7. The van der Waals surface area contributed by atoms with Crippen LogP contribution in [0.4, 0.5) is 5.69 Å². The van der Waals surface area contributed by atoms with Gasteiger partial charge in [-0.05, 0) is 17.7 Å². The fourth-order valence-electron chi connectivity index (χ4n) is 2.05. The third kappa shape index (κ3) is 4.18. The molecule has 1 aliphatic heterocycles. The maximum absolute atomic E-state index is 11.0. The Morgan fingerprint density at radius 2 is 2.00 bits per heavy atom. The van der Waals surface area contributed by atoms with Gasteiger partial charge in [0.15, 0.2) is 0 Å². The third-order valence-electron chi connectivity index (χ3n) is 3.38. The van der Waals surface area contributed by atoms with Crippen molar-refractivity contribution in [3.05, 3.63) is 68.2 Å². The fraction of sp³-hybridized carbons (Fsp3) is 0.176. The van der Waals surface area contributed by atoms with Crippen LogP contribution in [0.15, 0.2) is 46.9 Å². The van der Waals surface area contributed by atoms with Crippen LogP contribution in [-0.2, 0) is 4.74 Å². The van der Waals surface area contributed by atoms with E-state index in [9.17, 15) is 10.1 Å². The number of benzene rings is 2. The van der Waals surface area contributed by atoms with Gasteiger partial charge in [-0.2, -0.15) is 0 Å². The molecule has 6 heteroatoms. The summed E-state index contributed by atoms with van der Waals surface area (Å²) >= 11 is 3.48. The van der Waals surface area contributed by atoms with Crippen LogP contribution in [-0.4, -0.2) is 24.2 Å². The average Bonchev–Trinajstić information content (AvgIpc) is 3.36. The van der Waals surface area contributed by atoms with Crippen molar-refractivity contribution in [2.75, 3.05) is 13.2 Å². The van der Waals surface area contributed by atoms with Crippen LogP contribution >= 0.6 is 15.9 Å². The summed E-state index contributed by atoms with van der Waals surface area (Å²) in [7, 11) is 0. The molecule has 2 aromatic rings. The molecular weight excluding hydrogens is 362 g/mol. The van der Waals surface area contributed by atoms with Gasteiger partial charge in [-0.15, -0.1) is 0 Å². The second kappa shape index (κ2) is 6.93. The SMILES string of the molecule is O=[N+]([O-])c1ccc(OCC2CO2)c(/C=C/c2ccccc2Br)c1. The molecule has 0 aromatic heterocycles. The van der Waals surface area contributed by atoms with E-state index in [1.807, 2.05) is 36.4 Å². The van der Waals surface area contributed by atoms with Crippen LogP contribution in [0, 0.1) is 10.1 Å². The number of epoxide rings is 1. The Morgan fingerprint density at radius 3 is 2.70 bits per heavy atom. The largest absolute Gasteiger partial charge is 0.490 e. The minimum Gasteiger partial charge on any atom is -0.490 e. The molecule has 0 N–H and O–H groups in total. The van der Waals surface area contributed by atoms with E-state index in [4.69, 9.17) is 9.47 Å². The number of hydrogen-bond donors (Lipinski definition) is 0. The molecule has 1 heterocycles. The number of ether oxygens (including phenoxy) is 2. The van der Waals surface area contributed by atoms with Crippen molar-refractivity contribution in [2.45, 2.75) is 6.10 Å². The fourth-order valence-corrected chi connectivity index (χ4v) is 2.46. The molecule has 118 valence electrons. The van der Waals surface area contributed by atoms with Gasteiger partial charge in [-0.3, -0.25) is 10.1 Å². The number of halogens is 1. The van der Waals surface area contributed by atoms with E-state index in [0.717, 1.165) is 10.0 Å². The molecule has 0 saturated carbocycles. The van der Waals surface area contributed by atoms with Crippen LogP contribution in [0.3, 0.4) is 0 Å².